The average Bonchev–Trinajstić information content (AvgIpc) is 2.99. The Morgan fingerprint density at radius 2 is 1.81 bits per heavy atom. The van der Waals surface area contributed by atoms with Gasteiger partial charge in [-0.2, -0.15) is 0 Å². The summed E-state index contributed by atoms with van der Waals surface area (Å²) in [6.07, 6.45) is -0.281. The molecule has 0 bridgehead atoms. The first kappa shape index (κ1) is 19.5. The highest BCUT2D eigenvalue weighted by molar-refractivity contribution is 9.10. The number of carboxylic acid groups (broad SMARTS) is 2. The van der Waals surface area contributed by atoms with Crippen molar-refractivity contribution in [3.63, 3.8) is 0 Å². The normalized spacial score (nSPS) is 19.1. The van der Waals surface area contributed by atoms with Crippen LogP contribution in [0.3, 0.4) is 0 Å². The van der Waals surface area contributed by atoms with E-state index in [9.17, 15) is 19.2 Å². The minimum atomic E-state index is -1.19. The maximum absolute atomic E-state index is 12.9. The summed E-state index contributed by atoms with van der Waals surface area (Å²) < 4.78 is 0.815. The van der Waals surface area contributed by atoms with Crippen LogP contribution < -0.4 is 4.90 Å². The summed E-state index contributed by atoms with van der Waals surface area (Å²) in [6, 6.07) is 4.90. The number of anilines is 1. The van der Waals surface area contributed by atoms with E-state index in [-0.39, 0.29) is 27.8 Å². The van der Waals surface area contributed by atoms with Crippen molar-refractivity contribution in [3.05, 3.63) is 33.1 Å². The van der Waals surface area contributed by atoms with Crippen molar-refractivity contribution in [3.8, 4) is 0 Å². The number of carbonyl (C=O) groups is 4. The first-order valence-electron chi connectivity index (χ1n) is 7.54. The van der Waals surface area contributed by atoms with Gasteiger partial charge in [0.1, 0.15) is 10.9 Å². The zero-order valence-corrected chi connectivity index (χ0v) is 16.7. The second-order valence-electron chi connectivity index (χ2n) is 5.62. The number of hydrogen-bond donors (Lipinski definition) is 2. The number of benzene rings is 1. The number of rotatable bonds is 5. The molecule has 27 heavy (non-hydrogen) atoms. The maximum Gasteiger partial charge on any atom is 0.323 e. The smallest absolute Gasteiger partial charge is 0.323 e. The van der Waals surface area contributed by atoms with E-state index < -0.39 is 30.3 Å². The molecule has 1 aromatic rings. The van der Waals surface area contributed by atoms with Gasteiger partial charge in [-0.25, -0.2) is 0 Å². The van der Waals surface area contributed by atoms with Gasteiger partial charge < -0.3 is 10.2 Å². The lowest BCUT2D eigenvalue weighted by molar-refractivity contribution is -0.137. The summed E-state index contributed by atoms with van der Waals surface area (Å²) in [5.74, 6) is -3.43. The standard InChI is InChI=1S/C16H11BrN2O6S2/c17-7-1-2-9-8(5-7)12(14(24)19(9)6-11(22)23)13-15(25)18(16(26)27-13)4-3-10(20)21/h1-2,5H,3-4,6H2,(H,20,21)(H,22,23)/b13-12+. The Balaban J connectivity index is 2.08. The topological polar surface area (TPSA) is 115 Å². The molecule has 1 fully saturated rings. The van der Waals surface area contributed by atoms with Gasteiger partial charge in [0.05, 0.1) is 22.6 Å². The van der Waals surface area contributed by atoms with Crippen molar-refractivity contribution in [1.29, 1.82) is 0 Å². The molecule has 2 amide bonds. The summed E-state index contributed by atoms with van der Waals surface area (Å²) in [5.41, 5.74) is 0.883. The number of carboxylic acids is 2. The van der Waals surface area contributed by atoms with Crippen LogP contribution in [-0.4, -0.2) is 56.3 Å². The zero-order chi connectivity index (χ0) is 19.9. The second-order valence-corrected chi connectivity index (χ2v) is 8.18. The van der Waals surface area contributed by atoms with Gasteiger partial charge in [0.2, 0.25) is 0 Å². The minimum absolute atomic E-state index is 0.0719. The van der Waals surface area contributed by atoms with Gasteiger partial charge in [0.25, 0.3) is 11.8 Å². The molecule has 2 aliphatic heterocycles. The SMILES string of the molecule is O=C(O)CCN1C(=O)/C(=C2\C(=O)N(CC(=O)O)c3ccc(Br)cc32)SC1=S. The molecule has 11 heteroatoms. The summed E-state index contributed by atoms with van der Waals surface area (Å²) in [5, 5.41) is 17.9. The molecule has 0 saturated carbocycles. The van der Waals surface area contributed by atoms with E-state index in [0.717, 1.165) is 21.6 Å². The Bertz CT molecular complexity index is 945. The fraction of sp³-hybridized carbons (Fsp3) is 0.188. The fourth-order valence-electron chi connectivity index (χ4n) is 2.76. The van der Waals surface area contributed by atoms with Crippen molar-refractivity contribution in [2.45, 2.75) is 6.42 Å². The van der Waals surface area contributed by atoms with Crippen LogP contribution in [0.1, 0.15) is 12.0 Å². The monoisotopic (exact) mass is 470 g/mol. The molecule has 2 aliphatic rings. The van der Waals surface area contributed by atoms with E-state index in [1.54, 1.807) is 18.2 Å². The van der Waals surface area contributed by atoms with Gasteiger partial charge in [0, 0.05) is 16.6 Å². The van der Waals surface area contributed by atoms with Crippen LogP contribution in [0.4, 0.5) is 5.69 Å². The number of thiocarbonyl (C=S) groups is 1. The summed E-state index contributed by atoms with van der Waals surface area (Å²) in [6.45, 7) is -0.647. The molecule has 3 rings (SSSR count). The summed E-state index contributed by atoms with van der Waals surface area (Å²) in [4.78, 5) is 49.9. The Kier molecular flexibility index (Phi) is 5.36. The number of hydrogen-bond acceptors (Lipinski definition) is 6. The first-order valence-corrected chi connectivity index (χ1v) is 9.55. The molecule has 0 radical (unpaired) electrons. The van der Waals surface area contributed by atoms with Crippen molar-refractivity contribution in [2.75, 3.05) is 18.0 Å². The van der Waals surface area contributed by atoms with Crippen LogP contribution in [0, 0.1) is 0 Å². The number of carbonyl (C=O) groups excluding carboxylic acids is 2. The van der Waals surface area contributed by atoms with Crippen LogP contribution in [0.5, 0.6) is 0 Å². The molecule has 2 N–H and O–H groups in total. The zero-order valence-electron chi connectivity index (χ0n) is 13.5. The molecule has 1 saturated heterocycles. The predicted octanol–water partition coefficient (Wildman–Crippen LogP) is 1.93. The number of nitrogens with zero attached hydrogens (tertiary/aromatic N) is 2. The van der Waals surface area contributed by atoms with Crippen LogP contribution in [0.15, 0.2) is 27.6 Å². The van der Waals surface area contributed by atoms with Gasteiger partial charge in [-0.05, 0) is 18.2 Å². The minimum Gasteiger partial charge on any atom is -0.481 e. The predicted molar refractivity (Wildman–Crippen MR) is 105 cm³/mol. The van der Waals surface area contributed by atoms with Crippen LogP contribution in [-0.2, 0) is 19.2 Å². The molecule has 0 spiro atoms. The number of aliphatic carboxylic acids is 2. The third kappa shape index (κ3) is 3.62. The van der Waals surface area contributed by atoms with Gasteiger partial charge in [0.15, 0.2) is 0 Å². The van der Waals surface area contributed by atoms with Crippen LogP contribution >= 0.6 is 39.9 Å². The summed E-state index contributed by atoms with van der Waals surface area (Å²) >= 11 is 9.38. The van der Waals surface area contributed by atoms with E-state index in [1.807, 2.05) is 0 Å². The highest BCUT2D eigenvalue weighted by atomic mass is 79.9. The Morgan fingerprint density at radius 1 is 1.11 bits per heavy atom. The number of fused-ring (bicyclic) bond motifs is 1. The molecule has 1 aromatic carbocycles. The third-order valence-corrected chi connectivity index (χ3v) is 5.84. The van der Waals surface area contributed by atoms with E-state index >= 15 is 0 Å². The lowest BCUT2D eigenvalue weighted by atomic mass is 10.1. The molecule has 140 valence electrons. The quantitative estimate of drug-likeness (QED) is 0.495. The van der Waals surface area contributed by atoms with E-state index in [4.69, 9.17) is 22.4 Å². The lowest BCUT2D eigenvalue weighted by Crippen LogP contribution is -2.33. The van der Waals surface area contributed by atoms with Crippen LogP contribution in [0.25, 0.3) is 5.57 Å². The first-order chi connectivity index (χ1) is 12.7. The second kappa shape index (κ2) is 7.41. The van der Waals surface area contributed by atoms with Crippen molar-refractivity contribution < 1.29 is 29.4 Å². The van der Waals surface area contributed by atoms with E-state index in [0.29, 0.717) is 15.7 Å². The highest BCUT2D eigenvalue weighted by Crippen LogP contribution is 2.45. The Morgan fingerprint density at radius 3 is 2.44 bits per heavy atom. The number of halogens is 1. The maximum atomic E-state index is 12.9. The van der Waals surface area contributed by atoms with Gasteiger partial charge in [-0.3, -0.25) is 29.0 Å². The Hall–Kier alpha value is -2.24. The molecule has 8 nitrogen and oxygen atoms in total. The molecule has 0 atom stereocenters. The molecule has 0 aromatic heterocycles. The van der Waals surface area contributed by atoms with Gasteiger partial charge >= 0.3 is 11.9 Å². The number of amides is 2. The van der Waals surface area contributed by atoms with Crippen molar-refractivity contribution in [2.24, 2.45) is 0 Å². The Labute approximate surface area is 170 Å². The van der Waals surface area contributed by atoms with Crippen molar-refractivity contribution >= 4 is 79.2 Å². The van der Waals surface area contributed by atoms with Crippen LogP contribution in [0.2, 0.25) is 0 Å². The molecule has 2 heterocycles. The third-order valence-electron chi connectivity index (χ3n) is 3.90. The van der Waals surface area contributed by atoms with E-state index in [2.05, 4.69) is 15.9 Å². The number of thioether (sulfide) groups is 1. The fourth-order valence-corrected chi connectivity index (χ4v) is 4.51. The molecular formula is C16H11BrN2O6S2. The molecule has 0 unspecified atom stereocenters. The summed E-state index contributed by atoms with van der Waals surface area (Å²) in [7, 11) is 0. The average molecular weight is 471 g/mol. The highest BCUT2D eigenvalue weighted by Gasteiger charge is 2.42. The van der Waals surface area contributed by atoms with Gasteiger partial charge in [-0.1, -0.05) is 39.9 Å². The van der Waals surface area contributed by atoms with Crippen molar-refractivity contribution in [1.82, 2.24) is 4.90 Å². The lowest BCUT2D eigenvalue weighted by Gasteiger charge is -2.14. The van der Waals surface area contributed by atoms with Gasteiger partial charge in [-0.15, -0.1) is 0 Å². The molecular weight excluding hydrogens is 460 g/mol. The largest absolute Gasteiger partial charge is 0.481 e. The molecule has 0 aliphatic carbocycles. The van der Waals surface area contributed by atoms with E-state index in [1.165, 1.54) is 0 Å².